The third-order valence-electron chi connectivity index (χ3n) is 4.48. The van der Waals surface area contributed by atoms with Crippen LogP contribution in [-0.2, 0) is 6.42 Å². The zero-order valence-electron chi connectivity index (χ0n) is 12.5. The lowest BCUT2D eigenvalue weighted by Crippen LogP contribution is -2.13. The number of benzene rings is 1. The van der Waals surface area contributed by atoms with E-state index in [0.29, 0.717) is 0 Å². The zero-order chi connectivity index (χ0) is 13.3. The van der Waals surface area contributed by atoms with Crippen LogP contribution in [0.1, 0.15) is 70.3 Å². The summed E-state index contributed by atoms with van der Waals surface area (Å²) in [7, 11) is 0. The predicted molar refractivity (Wildman–Crippen MR) is 84.1 cm³/mol. The highest BCUT2D eigenvalue weighted by Gasteiger charge is 2.19. The fraction of sp³-hybridized carbons (Fsp3) is 0.632. The van der Waals surface area contributed by atoms with Crippen LogP contribution in [0.4, 0.5) is 0 Å². The van der Waals surface area contributed by atoms with E-state index >= 15 is 0 Å². The molecule has 0 saturated heterocycles. The van der Waals surface area contributed by atoms with Crippen molar-refractivity contribution in [2.45, 2.75) is 71.1 Å². The molecule has 0 aliphatic heterocycles. The normalized spacial score (nSPS) is 16.9. The highest BCUT2D eigenvalue weighted by Crippen LogP contribution is 2.33. The second-order valence-electron chi connectivity index (χ2n) is 6.22. The Balaban J connectivity index is 1.87. The average molecular weight is 257 g/mol. The zero-order valence-corrected chi connectivity index (χ0v) is 12.5. The number of hydrogen-bond acceptors (Lipinski definition) is 0. The van der Waals surface area contributed by atoms with E-state index in [2.05, 4.69) is 37.3 Å². The maximum Gasteiger partial charge on any atom is -0.0195 e. The Morgan fingerprint density at radius 1 is 1.05 bits per heavy atom. The molecular formula is C19H29. The van der Waals surface area contributed by atoms with Crippen LogP contribution < -0.4 is 0 Å². The molecule has 1 aromatic rings. The Kier molecular flexibility index (Phi) is 6.47. The first-order valence-corrected chi connectivity index (χ1v) is 8.26. The fourth-order valence-electron chi connectivity index (χ4n) is 3.37. The second-order valence-corrected chi connectivity index (χ2v) is 6.22. The molecule has 0 atom stereocenters. The van der Waals surface area contributed by atoms with Crippen LogP contribution in [0.2, 0.25) is 0 Å². The van der Waals surface area contributed by atoms with Gasteiger partial charge in [-0.25, -0.2) is 0 Å². The molecule has 1 fully saturated rings. The van der Waals surface area contributed by atoms with Crippen molar-refractivity contribution in [3.05, 3.63) is 41.8 Å². The molecule has 0 heteroatoms. The van der Waals surface area contributed by atoms with Crippen molar-refractivity contribution in [3.63, 3.8) is 0 Å². The van der Waals surface area contributed by atoms with E-state index < -0.39 is 0 Å². The molecule has 1 aromatic carbocycles. The van der Waals surface area contributed by atoms with E-state index in [0.717, 1.165) is 5.92 Å². The van der Waals surface area contributed by atoms with Gasteiger partial charge in [-0.3, -0.25) is 0 Å². The Morgan fingerprint density at radius 3 is 2.47 bits per heavy atom. The topological polar surface area (TPSA) is 0 Å². The number of unbranched alkanes of at least 4 members (excludes halogenated alkanes) is 1. The SMILES string of the molecule is CCCC[C](Cc1ccccc1)CC1CCCCC1. The van der Waals surface area contributed by atoms with E-state index in [1.807, 2.05) is 0 Å². The average Bonchev–Trinajstić information content (AvgIpc) is 2.47. The van der Waals surface area contributed by atoms with Crippen molar-refractivity contribution in [3.8, 4) is 0 Å². The lowest BCUT2D eigenvalue weighted by atomic mass is 9.79. The maximum absolute atomic E-state index is 2.31. The molecular weight excluding hydrogens is 228 g/mol. The van der Waals surface area contributed by atoms with Gasteiger partial charge in [0.05, 0.1) is 0 Å². The molecule has 0 heterocycles. The molecule has 1 radical (unpaired) electrons. The first-order chi connectivity index (χ1) is 9.38. The monoisotopic (exact) mass is 257 g/mol. The van der Waals surface area contributed by atoms with Crippen LogP contribution >= 0.6 is 0 Å². The highest BCUT2D eigenvalue weighted by molar-refractivity contribution is 5.19. The molecule has 0 aromatic heterocycles. The molecule has 1 aliphatic carbocycles. The van der Waals surface area contributed by atoms with Crippen LogP contribution in [0.3, 0.4) is 0 Å². The Morgan fingerprint density at radius 2 is 1.79 bits per heavy atom. The van der Waals surface area contributed by atoms with Gasteiger partial charge in [-0.1, -0.05) is 82.2 Å². The summed E-state index contributed by atoms with van der Waals surface area (Å²) in [6.45, 7) is 2.31. The van der Waals surface area contributed by atoms with Gasteiger partial charge in [0.1, 0.15) is 0 Å². The molecule has 19 heavy (non-hydrogen) atoms. The van der Waals surface area contributed by atoms with Crippen molar-refractivity contribution in [2.75, 3.05) is 0 Å². The first kappa shape index (κ1) is 14.6. The smallest absolute Gasteiger partial charge is 0.0195 e. The van der Waals surface area contributed by atoms with Crippen LogP contribution in [0.25, 0.3) is 0 Å². The Bertz CT molecular complexity index is 321. The van der Waals surface area contributed by atoms with Crippen molar-refractivity contribution in [2.24, 2.45) is 5.92 Å². The van der Waals surface area contributed by atoms with Crippen LogP contribution in [0, 0.1) is 11.8 Å². The third kappa shape index (κ3) is 5.38. The molecule has 0 N–H and O–H groups in total. The van der Waals surface area contributed by atoms with Crippen LogP contribution in [0.15, 0.2) is 30.3 Å². The molecule has 105 valence electrons. The highest BCUT2D eigenvalue weighted by atomic mass is 14.2. The second kappa shape index (κ2) is 8.40. The van der Waals surface area contributed by atoms with E-state index in [-0.39, 0.29) is 0 Å². The summed E-state index contributed by atoms with van der Waals surface area (Å²) >= 11 is 0. The van der Waals surface area contributed by atoms with E-state index in [9.17, 15) is 0 Å². The maximum atomic E-state index is 2.31. The lowest BCUT2D eigenvalue weighted by molar-refractivity contribution is 0.336. The molecule has 0 unspecified atom stereocenters. The van der Waals surface area contributed by atoms with Gasteiger partial charge >= 0.3 is 0 Å². The van der Waals surface area contributed by atoms with Gasteiger partial charge < -0.3 is 0 Å². The minimum Gasteiger partial charge on any atom is -0.0654 e. The molecule has 1 saturated carbocycles. The quantitative estimate of drug-likeness (QED) is 0.565. The van der Waals surface area contributed by atoms with Gasteiger partial charge in [-0.15, -0.1) is 0 Å². The Labute approximate surface area is 119 Å². The Hall–Kier alpha value is -0.780. The minimum absolute atomic E-state index is 0.990. The standard InChI is InChI=1S/C19H29/c1-2-3-10-19(15-17-11-6-4-7-12-17)16-18-13-8-5-9-14-18/h4,6-7,11-12,18H,2-3,5,8-10,13-16H2,1H3. The first-order valence-electron chi connectivity index (χ1n) is 8.26. The summed E-state index contributed by atoms with van der Waals surface area (Å²) < 4.78 is 0. The summed E-state index contributed by atoms with van der Waals surface area (Å²) in [6, 6.07) is 11.0. The fourth-order valence-corrected chi connectivity index (χ4v) is 3.37. The van der Waals surface area contributed by atoms with E-state index in [1.165, 1.54) is 69.8 Å². The van der Waals surface area contributed by atoms with Crippen LogP contribution in [0.5, 0.6) is 0 Å². The number of hydrogen-bond donors (Lipinski definition) is 0. The van der Waals surface area contributed by atoms with Gasteiger partial charge in [0, 0.05) is 0 Å². The van der Waals surface area contributed by atoms with E-state index in [1.54, 1.807) is 5.92 Å². The molecule has 2 rings (SSSR count). The molecule has 1 aliphatic rings. The lowest BCUT2D eigenvalue weighted by Gasteiger charge is -2.26. The summed E-state index contributed by atoms with van der Waals surface area (Å²) in [5, 5.41) is 0. The van der Waals surface area contributed by atoms with Crippen molar-refractivity contribution in [1.82, 2.24) is 0 Å². The predicted octanol–water partition coefficient (Wildman–Crippen LogP) is 5.96. The van der Waals surface area contributed by atoms with Gasteiger partial charge in [0.25, 0.3) is 0 Å². The number of rotatable bonds is 7. The van der Waals surface area contributed by atoms with Gasteiger partial charge in [-0.05, 0) is 36.7 Å². The van der Waals surface area contributed by atoms with Crippen LogP contribution in [-0.4, -0.2) is 0 Å². The summed E-state index contributed by atoms with van der Waals surface area (Å²) in [5.41, 5.74) is 1.50. The van der Waals surface area contributed by atoms with Crippen molar-refractivity contribution < 1.29 is 0 Å². The molecule has 0 amide bonds. The molecule has 0 bridgehead atoms. The summed E-state index contributed by atoms with van der Waals surface area (Å²) in [4.78, 5) is 0. The minimum atomic E-state index is 0.990. The summed E-state index contributed by atoms with van der Waals surface area (Å²) in [5.74, 6) is 2.80. The van der Waals surface area contributed by atoms with Gasteiger partial charge in [0.2, 0.25) is 0 Å². The van der Waals surface area contributed by atoms with Crippen molar-refractivity contribution in [1.29, 1.82) is 0 Å². The summed E-state index contributed by atoms with van der Waals surface area (Å²) in [6.07, 6.45) is 14.0. The van der Waals surface area contributed by atoms with Crippen molar-refractivity contribution >= 4 is 0 Å². The van der Waals surface area contributed by atoms with Gasteiger partial charge in [0.15, 0.2) is 0 Å². The third-order valence-corrected chi connectivity index (χ3v) is 4.48. The molecule has 0 spiro atoms. The molecule has 0 nitrogen and oxygen atoms in total. The van der Waals surface area contributed by atoms with Gasteiger partial charge in [-0.2, -0.15) is 0 Å². The van der Waals surface area contributed by atoms with E-state index in [4.69, 9.17) is 0 Å². The largest absolute Gasteiger partial charge is 0.0654 e.